The van der Waals surface area contributed by atoms with Gasteiger partial charge in [0, 0.05) is 25.5 Å². The lowest BCUT2D eigenvalue weighted by molar-refractivity contribution is -0.126. The first-order valence-electron chi connectivity index (χ1n) is 16.0. The van der Waals surface area contributed by atoms with Crippen molar-refractivity contribution in [3.63, 3.8) is 0 Å². The average molecular weight is 705 g/mol. The number of ketones is 1. The van der Waals surface area contributed by atoms with Crippen molar-refractivity contribution in [1.29, 1.82) is 5.26 Å². The molecule has 0 unspecified atom stereocenters. The van der Waals surface area contributed by atoms with E-state index in [2.05, 4.69) is 26.1 Å². The molecule has 1 aliphatic heterocycles. The normalized spacial score (nSPS) is 14.1. The van der Waals surface area contributed by atoms with Gasteiger partial charge in [-0.25, -0.2) is 19.2 Å². The number of carbonyl (C=O) groups excluding carboxylic acids is 2. The van der Waals surface area contributed by atoms with Gasteiger partial charge < -0.3 is 14.2 Å². The number of nitrogens with zero attached hydrogens (tertiary/aromatic N) is 8. The van der Waals surface area contributed by atoms with Crippen molar-refractivity contribution in [3.05, 3.63) is 65.8 Å². The molecule has 1 aliphatic rings. The third-order valence-electron chi connectivity index (χ3n) is 7.49. The second-order valence-corrected chi connectivity index (χ2v) is 15.2. The highest BCUT2D eigenvalue weighted by molar-refractivity contribution is 7.48. The van der Waals surface area contributed by atoms with Gasteiger partial charge in [-0.1, -0.05) is 6.07 Å². The van der Waals surface area contributed by atoms with Crippen LogP contribution in [-0.4, -0.2) is 77.3 Å². The van der Waals surface area contributed by atoms with Crippen LogP contribution in [0.3, 0.4) is 0 Å². The summed E-state index contributed by atoms with van der Waals surface area (Å²) >= 11 is 0. The number of Topliss-reactive ketones (excluding diaryl/α,β-unsaturated/α-hetero) is 1. The van der Waals surface area contributed by atoms with Gasteiger partial charge >= 0.3 is 7.82 Å². The number of carbonyl (C=O) groups is 2. The lowest BCUT2D eigenvalue weighted by atomic mass is 9.95. The first-order chi connectivity index (χ1) is 23.5. The van der Waals surface area contributed by atoms with E-state index < -0.39 is 37.4 Å². The molecule has 0 atom stereocenters. The lowest BCUT2D eigenvalue weighted by Crippen LogP contribution is -2.40. The summed E-state index contributed by atoms with van der Waals surface area (Å²) in [6.45, 7) is 12.1. The number of aromatic nitrogens is 6. The third kappa shape index (κ3) is 8.17. The number of amides is 1. The van der Waals surface area contributed by atoms with Gasteiger partial charge in [-0.2, -0.15) is 10.4 Å². The zero-order chi connectivity index (χ0) is 36.4. The number of hydrogen-bond donors (Lipinski definition) is 0. The highest BCUT2D eigenvalue weighted by atomic mass is 31.2. The Hall–Kier alpha value is -4.74. The van der Waals surface area contributed by atoms with Crippen molar-refractivity contribution in [1.82, 2.24) is 34.2 Å². The number of methoxy groups -OCH3 is 1. The molecular weight excluding hydrogens is 663 g/mol. The van der Waals surface area contributed by atoms with Crippen LogP contribution in [-0.2, 0) is 29.7 Å². The monoisotopic (exact) mass is 704 g/mol. The SMILES string of the molecule is COc1cnc(-n2cnc(C)n2)c2c1c(C(=O)C(=O)N1CCC(=C(C#N)c3ccccn3)CC1)cn2COP(=O)(OC(C)(C)C)OC(C)(C)C. The number of aryl methyl sites for hydroxylation is 1. The Labute approximate surface area is 290 Å². The fraction of sp³-hybridized carbons (Fsp3) is 0.441. The molecule has 1 saturated heterocycles. The standard InChI is InChI=1S/C34H41N8O7P/c1-22-38-20-42(39-22)31-29-28(27(46-8)18-37-31)25(19-41(29)21-47-50(45,48-33(2,3)4)49-34(5,6)7)30(43)32(44)40-15-12-23(13-16-40)24(17-35)26-11-9-10-14-36-26/h9-11,14,18-20H,12-13,15-16,21H2,1-8H3. The number of allylic oxidation sites excluding steroid dienone is 1. The molecule has 0 saturated carbocycles. The predicted molar refractivity (Wildman–Crippen MR) is 183 cm³/mol. The zero-order valence-electron chi connectivity index (χ0n) is 29.5. The van der Waals surface area contributed by atoms with Crippen LogP contribution in [0.1, 0.15) is 76.3 Å². The number of fused-ring (bicyclic) bond motifs is 1. The molecule has 15 nitrogen and oxygen atoms in total. The number of ether oxygens (including phenoxy) is 1. The molecule has 0 radical (unpaired) electrons. The minimum absolute atomic E-state index is 0.0155. The van der Waals surface area contributed by atoms with Crippen molar-refractivity contribution in [2.45, 2.75) is 79.2 Å². The Kier molecular flexibility index (Phi) is 10.4. The Balaban J connectivity index is 1.54. The van der Waals surface area contributed by atoms with Gasteiger partial charge in [-0.3, -0.25) is 28.1 Å². The summed E-state index contributed by atoms with van der Waals surface area (Å²) in [7, 11) is -2.78. The van der Waals surface area contributed by atoms with E-state index in [9.17, 15) is 19.4 Å². The maximum atomic E-state index is 14.1. The van der Waals surface area contributed by atoms with Crippen LogP contribution in [0.25, 0.3) is 22.3 Å². The molecule has 0 bridgehead atoms. The van der Waals surface area contributed by atoms with Gasteiger partial charge in [-0.05, 0) is 79.0 Å². The Bertz CT molecular complexity index is 2000. The number of rotatable bonds is 10. The fourth-order valence-electron chi connectivity index (χ4n) is 5.53. The van der Waals surface area contributed by atoms with E-state index in [1.54, 1.807) is 66.8 Å². The van der Waals surface area contributed by atoms with Crippen LogP contribution < -0.4 is 4.74 Å². The van der Waals surface area contributed by atoms with E-state index in [1.165, 1.54) is 40.0 Å². The van der Waals surface area contributed by atoms with E-state index in [0.717, 1.165) is 5.57 Å². The van der Waals surface area contributed by atoms with E-state index in [-0.39, 0.29) is 35.6 Å². The summed E-state index contributed by atoms with van der Waals surface area (Å²) in [5, 5.41) is 14.5. The number of phosphoric acid groups is 1. The highest BCUT2D eigenvalue weighted by Gasteiger charge is 2.38. The van der Waals surface area contributed by atoms with Crippen molar-refractivity contribution < 1.29 is 32.5 Å². The fourth-order valence-corrected chi connectivity index (χ4v) is 7.28. The molecule has 264 valence electrons. The van der Waals surface area contributed by atoms with E-state index >= 15 is 0 Å². The maximum Gasteiger partial charge on any atom is 0.477 e. The van der Waals surface area contributed by atoms with Crippen molar-refractivity contribution in [2.75, 3.05) is 20.2 Å². The maximum absolute atomic E-state index is 14.1. The number of phosphoric ester groups is 1. The summed E-state index contributed by atoms with van der Waals surface area (Å²) in [6, 6.07) is 7.60. The molecule has 4 aromatic heterocycles. The van der Waals surface area contributed by atoms with E-state index in [1.807, 2.05) is 6.07 Å². The number of pyridine rings is 2. The quantitative estimate of drug-likeness (QED) is 0.0837. The summed E-state index contributed by atoms with van der Waals surface area (Å²) in [6.07, 6.45) is 6.77. The van der Waals surface area contributed by atoms with E-state index in [4.69, 9.17) is 18.3 Å². The first-order valence-corrected chi connectivity index (χ1v) is 17.5. The summed E-state index contributed by atoms with van der Waals surface area (Å²) in [4.78, 5) is 42.5. The number of piperidine rings is 1. The Morgan fingerprint density at radius 3 is 2.24 bits per heavy atom. The minimum Gasteiger partial charge on any atom is -0.494 e. The average Bonchev–Trinajstić information content (AvgIpc) is 3.66. The largest absolute Gasteiger partial charge is 0.494 e. The van der Waals surface area contributed by atoms with Gasteiger partial charge in [-0.15, -0.1) is 0 Å². The van der Waals surface area contributed by atoms with Crippen molar-refractivity contribution in [3.8, 4) is 17.6 Å². The van der Waals surface area contributed by atoms with Gasteiger partial charge in [0.15, 0.2) is 5.82 Å². The second-order valence-electron chi connectivity index (χ2n) is 13.7. The van der Waals surface area contributed by atoms with Crippen LogP contribution in [0.5, 0.6) is 5.75 Å². The van der Waals surface area contributed by atoms with Crippen molar-refractivity contribution >= 4 is 36.0 Å². The molecule has 5 rings (SSSR count). The molecule has 0 spiro atoms. The van der Waals surface area contributed by atoms with Gasteiger partial charge in [0.25, 0.3) is 11.7 Å². The smallest absolute Gasteiger partial charge is 0.477 e. The lowest BCUT2D eigenvalue weighted by Gasteiger charge is -2.31. The van der Waals surface area contributed by atoms with Gasteiger partial charge in [0.1, 0.15) is 36.2 Å². The zero-order valence-corrected chi connectivity index (χ0v) is 30.4. The molecule has 0 aliphatic carbocycles. The van der Waals surface area contributed by atoms with Crippen LogP contribution in [0, 0.1) is 18.3 Å². The molecule has 0 N–H and O–H groups in total. The van der Waals surface area contributed by atoms with E-state index in [0.29, 0.717) is 35.4 Å². The van der Waals surface area contributed by atoms with Crippen molar-refractivity contribution in [2.24, 2.45) is 0 Å². The first kappa shape index (κ1) is 36.5. The molecule has 50 heavy (non-hydrogen) atoms. The van der Waals surface area contributed by atoms with Gasteiger partial charge in [0.05, 0.1) is 46.7 Å². The summed E-state index contributed by atoms with van der Waals surface area (Å²) < 4.78 is 40.1. The summed E-state index contributed by atoms with van der Waals surface area (Å²) in [5.74, 6) is -0.578. The molecule has 4 aromatic rings. The molecule has 16 heteroatoms. The molecule has 5 heterocycles. The molecule has 1 fully saturated rings. The predicted octanol–water partition coefficient (Wildman–Crippen LogP) is 5.82. The summed E-state index contributed by atoms with van der Waals surface area (Å²) in [5.41, 5.74) is 0.454. The van der Waals surface area contributed by atoms with Crippen LogP contribution in [0.2, 0.25) is 0 Å². The molecule has 0 aromatic carbocycles. The van der Waals surface area contributed by atoms with Gasteiger partial charge in [0.2, 0.25) is 0 Å². The minimum atomic E-state index is -4.20. The molecule has 1 amide bonds. The number of nitriles is 1. The molecular formula is C34H41N8O7P. The topological polar surface area (TPSA) is 177 Å². The van der Waals surface area contributed by atoms with Crippen LogP contribution in [0.4, 0.5) is 0 Å². The highest BCUT2D eigenvalue weighted by Crippen LogP contribution is 2.56. The van der Waals surface area contributed by atoms with Crippen LogP contribution in [0.15, 0.2) is 48.7 Å². The Morgan fingerprint density at radius 1 is 1.02 bits per heavy atom. The third-order valence-corrected chi connectivity index (χ3v) is 9.46. The van der Waals surface area contributed by atoms with Crippen LogP contribution >= 0.6 is 7.82 Å². The number of hydrogen-bond acceptors (Lipinski definition) is 12. The number of likely N-dealkylation sites (tertiary alicyclic amines) is 1. The second kappa shape index (κ2) is 14.2. The Morgan fingerprint density at radius 2 is 1.70 bits per heavy atom.